The molecule has 9 nitrogen and oxygen atoms in total. The number of halogens is 3. The van der Waals surface area contributed by atoms with E-state index in [9.17, 15) is 23.1 Å². The maximum absolute atomic E-state index is 12.8. The summed E-state index contributed by atoms with van der Waals surface area (Å²) in [5.74, 6) is -1.12. The summed E-state index contributed by atoms with van der Waals surface area (Å²) < 4.78 is 38.4. The van der Waals surface area contributed by atoms with Crippen LogP contribution < -0.4 is 11.1 Å². The fourth-order valence-corrected chi connectivity index (χ4v) is 3.45. The normalized spacial score (nSPS) is 12.4. The zero-order valence-electron chi connectivity index (χ0n) is 19.6. The van der Waals surface area contributed by atoms with Crippen LogP contribution in [-0.2, 0) is 17.4 Å². The van der Waals surface area contributed by atoms with E-state index in [1.54, 1.807) is 30.3 Å². The van der Waals surface area contributed by atoms with Crippen molar-refractivity contribution in [2.45, 2.75) is 18.6 Å². The van der Waals surface area contributed by atoms with Gasteiger partial charge in [-0.05, 0) is 60.2 Å². The molecule has 0 spiro atoms. The number of aromatic hydroxyl groups is 1. The molecule has 0 aliphatic rings. The lowest BCUT2D eigenvalue weighted by molar-refractivity contribution is -0.139. The molecule has 3 aromatic carbocycles. The van der Waals surface area contributed by atoms with Crippen molar-refractivity contribution in [3.8, 4) is 17.0 Å². The summed E-state index contributed by atoms with van der Waals surface area (Å²) in [5.41, 5.74) is 7.45. The highest BCUT2D eigenvalue weighted by molar-refractivity contribution is 5.74. The molecule has 1 atom stereocenters. The van der Waals surface area contributed by atoms with Gasteiger partial charge in [0.15, 0.2) is 0 Å². The molecule has 5 N–H and O–H groups in total. The Bertz CT molecular complexity index is 1480. The number of aromatic nitrogens is 2. The van der Waals surface area contributed by atoms with Crippen molar-refractivity contribution in [3.05, 3.63) is 90.1 Å². The summed E-state index contributed by atoms with van der Waals surface area (Å²) in [5, 5.41) is 30.5. The Hall–Kier alpha value is -4.84. The monoisotopic (exact) mass is 522 g/mol. The van der Waals surface area contributed by atoms with Crippen molar-refractivity contribution in [3.63, 3.8) is 0 Å². The minimum absolute atomic E-state index is 0.0865. The van der Waals surface area contributed by atoms with Gasteiger partial charge in [-0.3, -0.25) is 4.79 Å². The van der Waals surface area contributed by atoms with Crippen LogP contribution in [0.5, 0.6) is 5.75 Å². The molecule has 0 bridgehead atoms. The Morgan fingerprint density at radius 1 is 1.03 bits per heavy atom. The summed E-state index contributed by atoms with van der Waals surface area (Å²) in [6.07, 6.45) is -3.02. The van der Waals surface area contributed by atoms with Crippen molar-refractivity contribution in [1.29, 1.82) is 0 Å². The van der Waals surface area contributed by atoms with Gasteiger partial charge in [-0.15, -0.1) is 5.11 Å². The summed E-state index contributed by atoms with van der Waals surface area (Å²) >= 11 is 0. The number of carboxylic acids is 1. The SMILES string of the molecule is N[C@H](Cc1cc(/N=N/c2ccccc2-c2ccnc(Nc3ccc(C(F)(F)F)cc3)n2)ccc1O)C(=O)O. The lowest BCUT2D eigenvalue weighted by Crippen LogP contribution is -2.32. The number of nitrogens with zero attached hydrogens (tertiary/aromatic N) is 4. The van der Waals surface area contributed by atoms with Crippen LogP contribution in [0.15, 0.2) is 89.2 Å². The Balaban J connectivity index is 1.56. The smallest absolute Gasteiger partial charge is 0.416 e. The number of nitrogens with one attached hydrogen (secondary N) is 1. The number of azo groups is 1. The van der Waals surface area contributed by atoms with E-state index < -0.39 is 23.8 Å². The number of hydrogen-bond acceptors (Lipinski definition) is 8. The Labute approximate surface area is 214 Å². The van der Waals surface area contributed by atoms with Gasteiger partial charge in [0.25, 0.3) is 0 Å². The van der Waals surface area contributed by atoms with E-state index in [1.165, 1.54) is 36.5 Å². The molecule has 12 heteroatoms. The van der Waals surface area contributed by atoms with E-state index in [0.29, 0.717) is 33.9 Å². The van der Waals surface area contributed by atoms with Crippen molar-refractivity contribution < 1.29 is 28.2 Å². The van der Waals surface area contributed by atoms with Crippen LogP contribution in [0.3, 0.4) is 0 Å². The minimum Gasteiger partial charge on any atom is -0.508 e. The summed E-state index contributed by atoms with van der Waals surface area (Å²) in [7, 11) is 0. The Morgan fingerprint density at radius 2 is 1.76 bits per heavy atom. The van der Waals surface area contributed by atoms with Gasteiger partial charge in [-0.1, -0.05) is 18.2 Å². The van der Waals surface area contributed by atoms with Crippen LogP contribution in [0.2, 0.25) is 0 Å². The summed E-state index contributed by atoms with van der Waals surface area (Å²) in [4.78, 5) is 19.6. The number of anilines is 2. The number of aliphatic carboxylic acids is 1. The number of benzene rings is 3. The predicted octanol–water partition coefficient (Wildman–Crippen LogP) is 5.98. The van der Waals surface area contributed by atoms with Crippen LogP contribution in [0.4, 0.5) is 36.2 Å². The van der Waals surface area contributed by atoms with Gasteiger partial charge in [0.2, 0.25) is 5.95 Å². The first-order valence-electron chi connectivity index (χ1n) is 11.2. The first kappa shape index (κ1) is 26.2. The molecule has 0 saturated heterocycles. The third-order valence-corrected chi connectivity index (χ3v) is 5.40. The number of alkyl halides is 3. The predicted molar refractivity (Wildman–Crippen MR) is 134 cm³/mol. The van der Waals surface area contributed by atoms with Crippen LogP contribution >= 0.6 is 0 Å². The minimum atomic E-state index is -4.43. The molecule has 0 amide bonds. The van der Waals surface area contributed by atoms with Gasteiger partial charge >= 0.3 is 12.1 Å². The van der Waals surface area contributed by atoms with Crippen LogP contribution in [0, 0.1) is 0 Å². The van der Waals surface area contributed by atoms with Crippen molar-refractivity contribution >= 4 is 29.0 Å². The molecule has 194 valence electrons. The molecule has 0 radical (unpaired) electrons. The zero-order chi connectivity index (χ0) is 27.3. The summed E-state index contributed by atoms with van der Waals surface area (Å²) in [6.45, 7) is 0. The highest BCUT2D eigenvalue weighted by atomic mass is 19.4. The first-order valence-corrected chi connectivity index (χ1v) is 11.2. The second kappa shape index (κ2) is 11.0. The number of phenolic OH excluding ortho intramolecular Hbond substituents is 1. The van der Waals surface area contributed by atoms with E-state index in [0.717, 1.165) is 12.1 Å². The maximum Gasteiger partial charge on any atom is 0.416 e. The number of rotatable bonds is 8. The number of carbonyl (C=O) groups is 1. The number of nitrogens with two attached hydrogens (primary N) is 1. The largest absolute Gasteiger partial charge is 0.508 e. The molecule has 0 unspecified atom stereocenters. The van der Waals surface area contributed by atoms with Crippen molar-refractivity contribution in [2.24, 2.45) is 16.0 Å². The lowest BCUT2D eigenvalue weighted by Gasteiger charge is -2.10. The fourth-order valence-electron chi connectivity index (χ4n) is 3.45. The van der Waals surface area contributed by atoms with Gasteiger partial charge in [0.05, 0.1) is 22.6 Å². The molecule has 1 aromatic heterocycles. The molecule has 38 heavy (non-hydrogen) atoms. The van der Waals surface area contributed by atoms with E-state index in [1.807, 2.05) is 0 Å². The van der Waals surface area contributed by atoms with Crippen molar-refractivity contribution in [2.75, 3.05) is 5.32 Å². The topological polar surface area (TPSA) is 146 Å². The highest BCUT2D eigenvalue weighted by Crippen LogP contribution is 2.33. The number of carboxylic acid groups (broad SMARTS) is 1. The molecule has 4 aromatic rings. The quantitative estimate of drug-likeness (QED) is 0.208. The third-order valence-electron chi connectivity index (χ3n) is 5.40. The van der Waals surface area contributed by atoms with E-state index in [4.69, 9.17) is 10.8 Å². The van der Waals surface area contributed by atoms with Crippen LogP contribution in [0.1, 0.15) is 11.1 Å². The van der Waals surface area contributed by atoms with E-state index in [-0.39, 0.29) is 18.1 Å². The first-order chi connectivity index (χ1) is 18.1. The maximum atomic E-state index is 12.8. The van der Waals surface area contributed by atoms with Gasteiger partial charge < -0.3 is 21.3 Å². The molecule has 0 aliphatic heterocycles. The average molecular weight is 522 g/mol. The fraction of sp³-hybridized carbons (Fsp3) is 0.115. The second-order valence-corrected chi connectivity index (χ2v) is 8.14. The molecule has 1 heterocycles. The average Bonchev–Trinajstić information content (AvgIpc) is 2.89. The third kappa shape index (κ3) is 6.48. The van der Waals surface area contributed by atoms with Crippen LogP contribution in [0.25, 0.3) is 11.3 Å². The number of hydrogen-bond donors (Lipinski definition) is 4. The summed E-state index contributed by atoms with van der Waals surface area (Å²) in [6, 6.07) is 16.4. The second-order valence-electron chi connectivity index (χ2n) is 8.14. The Morgan fingerprint density at radius 3 is 2.47 bits per heavy atom. The molecule has 4 rings (SSSR count). The van der Waals surface area contributed by atoms with Gasteiger partial charge in [0.1, 0.15) is 11.8 Å². The van der Waals surface area contributed by atoms with Gasteiger partial charge in [-0.2, -0.15) is 18.3 Å². The molecular weight excluding hydrogens is 501 g/mol. The van der Waals surface area contributed by atoms with Gasteiger partial charge in [-0.25, -0.2) is 9.97 Å². The van der Waals surface area contributed by atoms with Gasteiger partial charge in [0, 0.05) is 23.9 Å². The lowest BCUT2D eigenvalue weighted by atomic mass is 10.0. The van der Waals surface area contributed by atoms with E-state index in [2.05, 4.69) is 25.5 Å². The molecule has 0 aliphatic carbocycles. The van der Waals surface area contributed by atoms with Crippen molar-refractivity contribution in [1.82, 2.24) is 9.97 Å². The molecule has 0 fully saturated rings. The molecular formula is C26H21F3N6O3. The zero-order valence-corrected chi connectivity index (χ0v) is 19.6. The molecule has 0 saturated carbocycles. The number of phenols is 1. The Kier molecular flexibility index (Phi) is 7.63. The van der Waals surface area contributed by atoms with E-state index >= 15 is 0 Å². The standard InChI is InChI=1S/C26H21F3N6O3/c27-26(28,29)16-5-7-17(8-6-16)32-25-31-12-11-21(33-25)19-3-1-2-4-22(19)35-34-18-9-10-23(36)15(13-18)14-20(30)24(37)38/h1-13,20,36H,14,30H2,(H,37,38)(H,31,32,33)/b35-34+/t20-/m1/s1. The highest BCUT2D eigenvalue weighted by Gasteiger charge is 2.30. The van der Waals surface area contributed by atoms with Crippen LogP contribution in [-0.4, -0.2) is 32.2 Å².